The Morgan fingerprint density at radius 3 is 2.69 bits per heavy atom. The smallest absolute Gasteiger partial charge is 0.303 e. The molecule has 3 atom stereocenters. The van der Waals surface area contributed by atoms with E-state index in [4.69, 9.17) is 4.74 Å². The van der Waals surface area contributed by atoms with Crippen molar-refractivity contribution in [1.29, 1.82) is 5.26 Å². The molecule has 1 aliphatic heterocycles. The van der Waals surface area contributed by atoms with Gasteiger partial charge in [0.2, 0.25) is 0 Å². The van der Waals surface area contributed by atoms with Crippen LogP contribution in [0.5, 0.6) is 0 Å². The fourth-order valence-corrected chi connectivity index (χ4v) is 8.96. The van der Waals surface area contributed by atoms with E-state index < -0.39 is 18.2 Å². The van der Waals surface area contributed by atoms with Crippen LogP contribution >= 0.6 is 23.5 Å². The number of esters is 1. The van der Waals surface area contributed by atoms with Crippen LogP contribution < -0.4 is 0 Å². The first kappa shape index (κ1) is 21.8. The van der Waals surface area contributed by atoms with Crippen molar-refractivity contribution in [2.24, 2.45) is 0 Å². The van der Waals surface area contributed by atoms with Gasteiger partial charge in [-0.1, -0.05) is 12.1 Å². The van der Waals surface area contributed by atoms with Gasteiger partial charge < -0.3 is 4.74 Å². The summed E-state index contributed by atoms with van der Waals surface area (Å²) in [6, 6.07) is 9.11. The van der Waals surface area contributed by atoms with Gasteiger partial charge in [-0.2, -0.15) is 5.26 Å². The first-order chi connectivity index (χ1) is 15.3. The van der Waals surface area contributed by atoms with E-state index >= 15 is 4.39 Å². The van der Waals surface area contributed by atoms with E-state index in [-0.39, 0.29) is 22.2 Å². The molecular weight excluding hydrogens is 448 g/mol. The highest BCUT2D eigenvalue weighted by Crippen LogP contribution is 2.61. The first-order valence-corrected chi connectivity index (χ1v) is 12.8. The number of carbonyl (C=O) groups is 1. The number of alkyl halides is 1. The lowest BCUT2D eigenvalue weighted by Gasteiger charge is -2.39. The number of benzene rings is 2. The van der Waals surface area contributed by atoms with Crippen LogP contribution in [0.4, 0.5) is 8.78 Å². The summed E-state index contributed by atoms with van der Waals surface area (Å²) in [6.45, 7) is 3.20. The summed E-state index contributed by atoms with van der Waals surface area (Å²) in [5.74, 6) is 0.992. The van der Waals surface area contributed by atoms with Crippen LogP contribution in [0, 0.1) is 24.1 Å². The molecule has 1 saturated heterocycles. The SMILES string of the molecule is CC(=O)O[C@H]1c2c(C)ccc([C@H]3CCC4(SCCS4)c4cc(F)cc(C#N)c43)c2C[C@H]1F. The standard InChI is InChI=1S/C25H23F2NO2S2/c1-13-3-4-17(19-11-21(27)24(22(13)19)30-14(2)29)18-5-6-25(31-7-8-32-25)20-10-16(26)9-15(12-28)23(18)20/h3-4,9-10,18,21,24H,5-8,11H2,1-2H3/t18-,21-,24-/m1/s1. The number of halogens is 2. The van der Waals surface area contributed by atoms with Gasteiger partial charge in [0.25, 0.3) is 0 Å². The van der Waals surface area contributed by atoms with Crippen LogP contribution in [0.25, 0.3) is 0 Å². The number of thioether (sulfide) groups is 2. The normalized spacial score (nSPS) is 25.3. The Hall–Kier alpha value is -2.04. The quantitative estimate of drug-likeness (QED) is 0.498. The van der Waals surface area contributed by atoms with Crippen molar-refractivity contribution in [2.75, 3.05) is 11.5 Å². The molecular formula is C25H23F2NO2S2. The Kier molecular flexibility index (Phi) is 5.50. The lowest BCUT2D eigenvalue weighted by atomic mass is 9.74. The molecule has 166 valence electrons. The minimum atomic E-state index is -1.30. The Morgan fingerprint density at radius 2 is 2.00 bits per heavy atom. The fourth-order valence-electron chi connectivity index (χ4n) is 5.62. The third-order valence-electron chi connectivity index (χ3n) is 6.83. The zero-order chi connectivity index (χ0) is 22.6. The maximum absolute atomic E-state index is 15.0. The molecule has 5 rings (SSSR count). The molecule has 2 aromatic rings. The number of hydrogen-bond donors (Lipinski definition) is 0. The Balaban J connectivity index is 1.69. The maximum Gasteiger partial charge on any atom is 0.303 e. The van der Waals surface area contributed by atoms with E-state index in [1.165, 1.54) is 13.0 Å². The van der Waals surface area contributed by atoms with Gasteiger partial charge in [-0.3, -0.25) is 4.79 Å². The lowest BCUT2D eigenvalue weighted by Crippen LogP contribution is -2.27. The molecule has 1 spiro atoms. The van der Waals surface area contributed by atoms with Crippen molar-refractivity contribution in [3.63, 3.8) is 0 Å². The molecule has 32 heavy (non-hydrogen) atoms. The number of ether oxygens (including phenoxy) is 1. The highest BCUT2D eigenvalue weighted by atomic mass is 32.2. The maximum atomic E-state index is 15.0. The molecule has 1 fully saturated rings. The van der Waals surface area contributed by atoms with Crippen LogP contribution in [-0.4, -0.2) is 23.6 Å². The average Bonchev–Trinajstić information content (AvgIpc) is 3.35. The molecule has 0 radical (unpaired) electrons. The summed E-state index contributed by atoms with van der Waals surface area (Å²) in [5.41, 5.74) is 5.61. The van der Waals surface area contributed by atoms with E-state index in [1.807, 2.05) is 42.6 Å². The third kappa shape index (κ3) is 3.34. The van der Waals surface area contributed by atoms with Crippen LogP contribution in [-0.2, 0) is 20.0 Å². The van der Waals surface area contributed by atoms with E-state index in [1.54, 1.807) is 6.07 Å². The van der Waals surface area contributed by atoms with E-state index in [0.29, 0.717) is 5.56 Å². The second-order valence-electron chi connectivity index (χ2n) is 8.68. The van der Waals surface area contributed by atoms with Gasteiger partial charge in [-0.05, 0) is 59.7 Å². The molecule has 0 unspecified atom stereocenters. The second-order valence-corrected chi connectivity index (χ2v) is 11.7. The minimum Gasteiger partial charge on any atom is -0.455 e. The molecule has 0 saturated carbocycles. The summed E-state index contributed by atoms with van der Waals surface area (Å²) < 4.78 is 34.7. The largest absolute Gasteiger partial charge is 0.455 e. The van der Waals surface area contributed by atoms with Crippen LogP contribution in [0.3, 0.4) is 0 Å². The van der Waals surface area contributed by atoms with Gasteiger partial charge in [-0.15, -0.1) is 23.5 Å². The van der Waals surface area contributed by atoms with Gasteiger partial charge >= 0.3 is 5.97 Å². The molecule has 3 nitrogen and oxygen atoms in total. The third-order valence-corrected chi connectivity index (χ3v) is 10.4. The fraction of sp³-hybridized carbons (Fsp3) is 0.440. The zero-order valence-corrected chi connectivity index (χ0v) is 19.5. The molecule has 1 heterocycles. The zero-order valence-electron chi connectivity index (χ0n) is 17.9. The van der Waals surface area contributed by atoms with Crippen molar-refractivity contribution >= 4 is 29.5 Å². The summed E-state index contributed by atoms with van der Waals surface area (Å²) in [5, 5.41) is 9.89. The van der Waals surface area contributed by atoms with Crippen molar-refractivity contribution in [3.8, 4) is 6.07 Å². The van der Waals surface area contributed by atoms with Gasteiger partial charge in [0.1, 0.15) is 12.0 Å². The Morgan fingerprint density at radius 1 is 1.25 bits per heavy atom. The highest BCUT2D eigenvalue weighted by Gasteiger charge is 2.47. The van der Waals surface area contributed by atoms with E-state index in [9.17, 15) is 14.4 Å². The monoisotopic (exact) mass is 471 g/mol. The van der Waals surface area contributed by atoms with Gasteiger partial charge in [0, 0.05) is 36.3 Å². The summed E-state index contributed by atoms with van der Waals surface area (Å²) in [4.78, 5) is 11.6. The number of nitriles is 1. The van der Waals surface area contributed by atoms with Crippen molar-refractivity contribution in [2.45, 2.75) is 55.4 Å². The topological polar surface area (TPSA) is 50.1 Å². The minimum absolute atomic E-state index is 0.120. The number of hydrogen-bond acceptors (Lipinski definition) is 5. The first-order valence-electron chi connectivity index (χ1n) is 10.8. The predicted octanol–water partition coefficient (Wildman–Crippen LogP) is 6.06. The number of fused-ring (bicyclic) bond motifs is 3. The van der Waals surface area contributed by atoms with Gasteiger partial charge in [0.05, 0.1) is 15.7 Å². The molecule has 3 aliphatic rings. The van der Waals surface area contributed by atoms with E-state index in [2.05, 4.69) is 6.07 Å². The molecule has 2 aliphatic carbocycles. The number of rotatable bonds is 2. The van der Waals surface area contributed by atoms with Gasteiger partial charge in [0.15, 0.2) is 6.10 Å². The molecule has 0 bridgehead atoms. The van der Waals surface area contributed by atoms with Crippen LogP contribution in [0.1, 0.15) is 70.7 Å². The lowest BCUT2D eigenvalue weighted by molar-refractivity contribution is -0.149. The van der Waals surface area contributed by atoms with E-state index in [0.717, 1.165) is 57.7 Å². The molecule has 0 amide bonds. The molecule has 2 aromatic carbocycles. The molecule has 7 heteroatoms. The number of nitrogens with zero attached hydrogens (tertiary/aromatic N) is 1. The Bertz CT molecular complexity index is 1150. The van der Waals surface area contributed by atoms with Crippen molar-refractivity contribution in [3.05, 3.63) is 69.0 Å². The number of aryl methyl sites for hydroxylation is 1. The predicted molar refractivity (Wildman–Crippen MR) is 123 cm³/mol. The summed E-state index contributed by atoms with van der Waals surface area (Å²) >= 11 is 3.68. The number of carbonyl (C=O) groups excluding carboxylic acids is 1. The summed E-state index contributed by atoms with van der Waals surface area (Å²) in [6.07, 6.45) is -0.357. The summed E-state index contributed by atoms with van der Waals surface area (Å²) in [7, 11) is 0. The second kappa shape index (κ2) is 8.07. The van der Waals surface area contributed by atoms with Crippen LogP contribution in [0.15, 0.2) is 24.3 Å². The average molecular weight is 472 g/mol. The Labute approximate surface area is 194 Å². The van der Waals surface area contributed by atoms with Crippen molar-refractivity contribution < 1.29 is 18.3 Å². The molecule has 0 N–H and O–H groups in total. The van der Waals surface area contributed by atoms with Gasteiger partial charge in [-0.25, -0.2) is 8.78 Å². The van der Waals surface area contributed by atoms with Crippen molar-refractivity contribution in [1.82, 2.24) is 0 Å². The highest BCUT2D eigenvalue weighted by molar-refractivity contribution is 8.20. The molecule has 0 aromatic heterocycles. The van der Waals surface area contributed by atoms with Crippen LogP contribution in [0.2, 0.25) is 0 Å².